The number of furan rings is 1. The lowest BCUT2D eigenvalue weighted by Crippen LogP contribution is -2.38. The van der Waals surface area contributed by atoms with E-state index in [2.05, 4.69) is 36.4 Å². The predicted octanol–water partition coefficient (Wildman–Crippen LogP) is 3.46. The molecule has 0 bridgehead atoms. The number of hydrogen-bond acceptors (Lipinski definition) is 4. The monoisotopic (exact) mass is 500 g/mol. The summed E-state index contributed by atoms with van der Waals surface area (Å²) in [5, 5.41) is 6.47. The van der Waals surface area contributed by atoms with E-state index in [0.717, 1.165) is 11.3 Å². The van der Waals surface area contributed by atoms with Gasteiger partial charge in [-0.2, -0.15) is 0 Å². The summed E-state index contributed by atoms with van der Waals surface area (Å²) in [5.41, 5.74) is 6.30. The van der Waals surface area contributed by atoms with Gasteiger partial charge in [-0.15, -0.1) is 24.0 Å². The van der Waals surface area contributed by atoms with Crippen LogP contribution in [0.3, 0.4) is 0 Å². The second-order valence-electron chi connectivity index (χ2n) is 6.70. The highest BCUT2D eigenvalue weighted by Crippen LogP contribution is 2.18. The number of nitrogens with two attached hydrogens (primary N) is 1. The van der Waals surface area contributed by atoms with Gasteiger partial charge in [-0.05, 0) is 42.7 Å². The van der Waals surface area contributed by atoms with E-state index >= 15 is 0 Å². The fourth-order valence-corrected chi connectivity index (χ4v) is 2.37. The molecular weight excluding hydrogens is 471 g/mol. The SMILES string of the molecule is CN=C(NCc1ccc(C(N)=O)o1)NC(C)c1ccc(OCC(C)C)cc1.I. The van der Waals surface area contributed by atoms with Crippen molar-refractivity contribution in [3.05, 3.63) is 53.5 Å². The van der Waals surface area contributed by atoms with Gasteiger partial charge >= 0.3 is 0 Å². The van der Waals surface area contributed by atoms with E-state index in [1.54, 1.807) is 19.2 Å². The van der Waals surface area contributed by atoms with Crippen LogP contribution in [0.15, 0.2) is 45.8 Å². The molecule has 0 radical (unpaired) electrons. The highest BCUT2D eigenvalue weighted by Gasteiger charge is 2.10. The first-order valence-corrected chi connectivity index (χ1v) is 8.97. The van der Waals surface area contributed by atoms with E-state index in [4.69, 9.17) is 14.9 Å². The standard InChI is InChI=1S/C20H28N4O3.HI/c1-13(2)12-26-16-7-5-15(6-8-16)14(3)24-20(22-4)23-11-17-9-10-18(27-17)19(21)25;/h5-10,13-14H,11-12H2,1-4H3,(H2,21,25)(H2,22,23,24);1H. The van der Waals surface area contributed by atoms with Gasteiger partial charge in [-0.3, -0.25) is 9.79 Å². The Labute approximate surface area is 183 Å². The van der Waals surface area contributed by atoms with Crippen LogP contribution in [0.2, 0.25) is 0 Å². The van der Waals surface area contributed by atoms with Crippen molar-refractivity contribution in [3.63, 3.8) is 0 Å². The number of primary amides is 1. The molecule has 0 saturated carbocycles. The van der Waals surface area contributed by atoms with Crippen LogP contribution >= 0.6 is 24.0 Å². The summed E-state index contributed by atoms with van der Waals surface area (Å²) >= 11 is 0. The van der Waals surface area contributed by atoms with Gasteiger partial charge in [0.05, 0.1) is 19.2 Å². The molecule has 0 saturated heterocycles. The van der Waals surface area contributed by atoms with E-state index in [9.17, 15) is 4.79 Å². The molecule has 1 heterocycles. The topological polar surface area (TPSA) is 102 Å². The molecule has 2 aromatic rings. The molecule has 1 unspecified atom stereocenters. The summed E-state index contributed by atoms with van der Waals surface area (Å²) in [5.74, 6) is 2.14. The Kier molecular flexibility index (Phi) is 9.84. The van der Waals surface area contributed by atoms with Gasteiger partial charge in [-0.1, -0.05) is 26.0 Å². The third-order valence-electron chi connectivity index (χ3n) is 3.87. The van der Waals surface area contributed by atoms with Crippen molar-refractivity contribution in [2.45, 2.75) is 33.4 Å². The Hall–Kier alpha value is -2.23. The van der Waals surface area contributed by atoms with Crippen molar-refractivity contribution in [3.8, 4) is 5.75 Å². The van der Waals surface area contributed by atoms with Crippen molar-refractivity contribution in [1.29, 1.82) is 0 Å². The van der Waals surface area contributed by atoms with E-state index in [0.29, 0.717) is 30.8 Å². The molecule has 0 aliphatic heterocycles. The minimum Gasteiger partial charge on any atom is -0.493 e. The minimum absolute atomic E-state index is 0. The zero-order valence-electron chi connectivity index (χ0n) is 16.7. The van der Waals surface area contributed by atoms with Crippen molar-refractivity contribution in [2.24, 2.45) is 16.6 Å². The second-order valence-corrected chi connectivity index (χ2v) is 6.70. The number of nitrogens with one attached hydrogen (secondary N) is 2. The van der Waals surface area contributed by atoms with E-state index < -0.39 is 5.91 Å². The molecule has 1 aromatic heterocycles. The van der Waals surface area contributed by atoms with Crippen LogP contribution in [-0.4, -0.2) is 25.5 Å². The van der Waals surface area contributed by atoms with E-state index in [-0.39, 0.29) is 35.8 Å². The molecule has 8 heteroatoms. The average molecular weight is 500 g/mol. The van der Waals surface area contributed by atoms with Gasteiger partial charge in [0.2, 0.25) is 0 Å². The number of nitrogens with zero attached hydrogens (tertiary/aromatic N) is 1. The molecule has 7 nitrogen and oxygen atoms in total. The Morgan fingerprint density at radius 1 is 1.18 bits per heavy atom. The smallest absolute Gasteiger partial charge is 0.284 e. The molecule has 1 amide bonds. The summed E-state index contributed by atoms with van der Waals surface area (Å²) < 4.78 is 11.1. The Morgan fingerprint density at radius 3 is 2.39 bits per heavy atom. The van der Waals surface area contributed by atoms with Crippen LogP contribution in [0, 0.1) is 5.92 Å². The van der Waals surface area contributed by atoms with Crippen molar-refractivity contribution in [1.82, 2.24) is 10.6 Å². The molecule has 28 heavy (non-hydrogen) atoms. The number of carbonyl (C=O) groups is 1. The zero-order chi connectivity index (χ0) is 19.8. The number of carbonyl (C=O) groups excluding carboxylic acids is 1. The van der Waals surface area contributed by atoms with Crippen LogP contribution in [0.5, 0.6) is 5.75 Å². The highest BCUT2D eigenvalue weighted by atomic mass is 127. The molecule has 0 aliphatic carbocycles. The summed E-state index contributed by atoms with van der Waals surface area (Å²) in [6.07, 6.45) is 0. The van der Waals surface area contributed by atoms with E-state index in [1.165, 1.54) is 0 Å². The van der Waals surface area contributed by atoms with Gasteiger partial charge in [0.15, 0.2) is 11.7 Å². The highest BCUT2D eigenvalue weighted by molar-refractivity contribution is 14.0. The number of halogens is 1. The first-order valence-electron chi connectivity index (χ1n) is 8.97. The number of guanidine groups is 1. The summed E-state index contributed by atoms with van der Waals surface area (Å²) in [4.78, 5) is 15.3. The predicted molar refractivity (Wildman–Crippen MR) is 121 cm³/mol. The quantitative estimate of drug-likeness (QED) is 0.293. The lowest BCUT2D eigenvalue weighted by Gasteiger charge is -2.18. The Morgan fingerprint density at radius 2 is 1.86 bits per heavy atom. The Bertz CT molecular complexity index is 772. The maximum atomic E-state index is 11.1. The first kappa shape index (κ1) is 23.8. The molecule has 1 atom stereocenters. The van der Waals surface area contributed by atoms with Crippen LogP contribution in [0.25, 0.3) is 0 Å². The number of benzene rings is 1. The van der Waals surface area contributed by atoms with Crippen LogP contribution in [0.1, 0.15) is 48.7 Å². The maximum Gasteiger partial charge on any atom is 0.284 e. The first-order chi connectivity index (χ1) is 12.9. The summed E-state index contributed by atoms with van der Waals surface area (Å²) in [6.45, 7) is 7.39. The normalized spacial score (nSPS) is 12.2. The Balaban J connectivity index is 0.00000392. The van der Waals surface area contributed by atoms with Gasteiger partial charge in [-0.25, -0.2) is 0 Å². The molecule has 0 fully saturated rings. The number of ether oxygens (including phenoxy) is 1. The van der Waals surface area contributed by atoms with Gasteiger partial charge in [0.1, 0.15) is 11.5 Å². The summed E-state index contributed by atoms with van der Waals surface area (Å²) in [6, 6.07) is 11.3. The van der Waals surface area contributed by atoms with E-state index in [1.807, 2.05) is 24.3 Å². The van der Waals surface area contributed by atoms with Gasteiger partial charge < -0.3 is 25.5 Å². The van der Waals surface area contributed by atoms with Crippen LogP contribution in [-0.2, 0) is 6.54 Å². The van der Waals surface area contributed by atoms with Crippen molar-refractivity contribution in [2.75, 3.05) is 13.7 Å². The molecule has 4 N–H and O–H groups in total. The third kappa shape index (κ3) is 7.41. The molecule has 1 aromatic carbocycles. The second kappa shape index (κ2) is 11.6. The molecule has 154 valence electrons. The van der Waals surface area contributed by atoms with Crippen molar-refractivity contribution < 1.29 is 13.9 Å². The molecule has 0 aliphatic rings. The number of aliphatic imine (C=N–C) groups is 1. The van der Waals surface area contributed by atoms with Gasteiger partial charge in [0.25, 0.3) is 5.91 Å². The number of hydrogen-bond donors (Lipinski definition) is 3. The zero-order valence-corrected chi connectivity index (χ0v) is 19.0. The van der Waals surface area contributed by atoms with Crippen LogP contribution in [0.4, 0.5) is 0 Å². The number of rotatable bonds is 8. The largest absolute Gasteiger partial charge is 0.493 e. The summed E-state index contributed by atoms with van der Waals surface area (Å²) in [7, 11) is 1.70. The number of amides is 1. The molecular formula is C20H29IN4O3. The lowest BCUT2D eigenvalue weighted by atomic mass is 10.1. The minimum atomic E-state index is -0.585. The fraction of sp³-hybridized carbons (Fsp3) is 0.400. The average Bonchev–Trinajstić information content (AvgIpc) is 3.13. The molecule has 0 spiro atoms. The van der Waals surface area contributed by atoms with Crippen LogP contribution < -0.4 is 21.1 Å². The fourth-order valence-electron chi connectivity index (χ4n) is 2.37. The van der Waals surface area contributed by atoms with Gasteiger partial charge in [0, 0.05) is 7.05 Å². The molecule has 2 rings (SSSR count). The lowest BCUT2D eigenvalue weighted by molar-refractivity contribution is 0.0972. The maximum absolute atomic E-state index is 11.1. The van der Waals surface area contributed by atoms with Crippen molar-refractivity contribution >= 4 is 35.8 Å². The third-order valence-corrected chi connectivity index (χ3v) is 3.87.